The maximum atomic E-state index is 12.1. The average molecular weight is 282 g/mol. The van der Waals surface area contributed by atoms with Crippen molar-refractivity contribution in [3.63, 3.8) is 0 Å². The zero-order chi connectivity index (χ0) is 14.2. The number of nitrogen functional groups attached to an aromatic ring is 1. The second kappa shape index (κ2) is 5.04. The van der Waals surface area contributed by atoms with Gasteiger partial charge >= 0.3 is 6.09 Å². The molecule has 0 saturated carbocycles. The van der Waals surface area contributed by atoms with E-state index < -0.39 is 5.60 Å². The van der Waals surface area contributed by atoms with Crippen LogP contribution >= 0.6 is 11.3 Å². The van der Waals surface area contributed by atoms with E-state index in [1.165, 1.54) is 16.0 Å². The summed E-state index contributed by atoms with van der Waals surface area (Å²) in [5.41, 5.74) is 8.21. The summed E-state index contributed by atoms with van der Waals surface area (Å²) >= 11 is 1.61. The molecule has 0 aromatic carbocycles. The molecule has 106 valence electrons. The van der Waals surface area contributed by atoms with Crippen LogP contribution in [0.3, 0.4) is 0 Å². The number of carbonyl (C=O) groups excluding carboxylic acids is 1. The monoisotopic (exact) mass is 282 g/mol. The topological polar surface area (TPSA) is 55.6 Å². The third-order valence-corrected chi connectivity index (χ3v) is 4.29. The lowest BCUT2D eigenvalue weighted by Gasteiger charge is -2.30. The van der Waals surface area contributed by atoms with Gasteiger partial charge in [0.25, 0.3) is 0 Å². The third kappa shape index (κ3) is 3.03. The molecule has 1 aromatic rings. The van der Waals surface area contributed by atoms with Crippen molar-refractivity contribution in [1.29, 1.82) is 0 Å². The second-order valence-corrected chi connectivity index (χ2v) is 6.99. The molecule has 0 spiro atoms. The van der Waals surface area contributed by atoms with E-state index in [1.54, 1.807) is 16.2 Å². The van der Waals surface area contributed by atoms with E-state index >= 15 is 0 Å². The first kappa shape index (κ1) is 14.2. The van der Waals surface area contributed by atoms with Crippen LogP contribution in [0.1, 0.15) is 43.7 Å². The lowest BCUT2D eigenvalue weighted by molar-refractivity contribution is 0.0226. The molecule has 0 saturated heterocycles. The summed E-state index contributed by atoms with van der Waals surface area (Å²) < 4.78 is 5.42. The molecule has 1 aliphatic heterocycles. The van der Waals surface area contributed by atoms with Crippen molar-refractivity contribution in [2.45, 2.75) is 52.7 Å². The summed E-state index contributed by atoms with van der Waals surface area (Å²) in [4.78, 5) is 15.0. The largest absolute Gasteiger partial charge is 0.444 e. The lowest BCUT2D eigenvalue weighted by Crippen LogP contribution is -2.39. The van der Waals surface area contributed by atoms with Gasteiger partial charge in [-0.15, -0.1) is 11.3 Å². The Hall–Kier alpha value is -1.23. The predicted molar refractivity (Wildman–Crippen MR) is 78.5 cm³/mol. The van der Waals surface area contributed by atoms with Gasteiger partial charge < -0.3 is 15.4 Å². The van der Waals surface area contributed by atoms with E-state index in [2.05, 4.69) is 6.92 Å². The number of anilines is 1. The Bertz CT molecular complexity index is 488. The normalized spacial score (nSPS) is 15.3. The summed E-state index contributed by atoms with van der Waals surface area (Å²) in [6.45, 7) is 9.12. The Morgan fingerprint density at radius 1 is 1.47 bits per heavy atom. The summed E-state index contributed by atoms with van der Waals surface area (Å²) in [6, 6.07) is 0. The molecule has 1 amide bonds. The number of hydrogen-bond acceptors (Lipinski definition) is 4. The highest BCUT2D eigenvalue weighted by molar-refractivity contribution is 7.16. The summed E-state index contributed by atoms with van der Waals surface area (Å²) in [6.07, 6.45) is 1.61. The fraction of sp³-hybridized carbons (Fsp3) is 0.643. The van der Waals surface area contributed by atoms with Gasteiger partial charge in [-0.1, -0.05) is 6.92 Å². The van der Waals surface area contributed by atoms with E-state index in [4.69, 9.17) is 10.5 Å². The minimum atomic E-state index is -0.444. The summed E-state index contributed by atoms with van der Waals surface area (Å²) in [5.74, 6) is 0. The first-order valence-corrected chi connectivity index (χ1v) is 7.50. The molecule has 0 unspecified atom stereocenters. The fourth-order valence-corrected chi connectivity index (χ4v) is 3.59. The standard InChI is InChI=1S/C14H22N2O2S/c1-5-9-10-6-7-16(8-11(10)19-12(9)15)13(17)18-14(2,3)4/h5-8,15H2,1-4H3. The molecule has 0 aliphatic carbocycles. The van der Waals surface area contributed by atoms with Crippen LogP contribution in [0.15, 0.2) is 0 Å². The second-order valence-electron chi connectivity index (χ2n) is 5.85. The van der Waals surface area contributed by atoms with Crippen LogP contribution in [0.4, 0.5) is 9.80 Å². The van der Waals surface area contributed by atoms with Gasteiger partial charge in [-0.2, -0.15) is 0 Å². The Morgan fingerprint density at radius 3 is 2.74 bits per heavy atom. The SMILES string of the molecule is CCc1c(N)sc2c1CCN(C(=O)OC(C)(C)C)C2. The highest BCUT2D eigenvalue weighted by Gasteiger charge is 2.28. The minimum Gasteiger partial charge on any atom is -0.444 e. The van der Waals surface area contributed by atoms with Crippen LogP contribution in [-0.4, -0.2) is 23.1 Å². The number of hydrogen-bond donors (Lipinski definition) is 1. The van der Waals surface area contributed by atoms with Crippen molar-refractivity contribution in [2.75, 3.05) is 12.3 Å². The third-order valence-electron chi connectivity index (χ3n) is 3.20. The minimum absolute atomic E-state index is 0.233. The van der Waals surface area contributed by atoms with Crippen molar-refractivity contribution in [2.24, 2.45) is 0 Å². The lowest BCUT2D eigenvalue weighted by atomic mass is 10.0. The molecule has 2 heterocycles. The van der Waals surface area contributed by atoms with E-state index in [0.29, 0.717) is 13.1 Å². The van der Waals surface area contributed by atoms with Crippen LogP contribution in [0, 0.1) is 0 Å². The molecule has 0 atom stereocenters. The summed E-state index contributed by atoms with van der Waals surface area (Å²) in [5, 5.41) is 0.901. The van der Waals surface area contributed by atoms with Crippen LogP contribution in [-0.2, 0) is 24.1 Å². The quantitative estimate of drug-likeness (QED) is 0.860. The number of thiophene rings is 1. The van der Waals surface area contributed by atoms with E-state index in [1.807, 2.05) is 20.8 Å². The molecule has 5 heteroatoms. The Kier molecular flexibility index (Phi) is 3.76. The summed E-state index contributed by atoms with van der Waals surface area (Å²) in [7, 11) is 0. The highest BCUT2D eigenvalue weighted by Crippen LogP contribution is 2.35. The molecule has 0 fully saturated rings. The van der Waals surface area contributed by atoms with Gasteiger partial charge in [0.15, 0.2) is 0 Å². The zero-order valence-corrected chi connectivity index (χ0v) is 12.9. The maximum Gasteiger partial charge on any atom is 0.410 e. The molecule has 2 N–H and O–H groups in total. The molecule has 1 aromatic heterocycles. The Balaban J connectivity index is 2.12. The molecule has 0 bridgehead atoms. The smallest absolute Gasteiger partial charge is 0.410 e. The van der Waals surface area contributed by atoms with Gasteiger partial charge in [-0.3, -0.25) is 0 Å². The van der Waals surface area contributed by atoms with Crippen molar-refractivity contribution in [3.8, 4) is 0 Å². The van der Waals surface area contributed by atoms with Crippen LogP contribution in [0.5, 0.6) is 0 Å². The number of carbonyl (C=O) groups is 1. The van der Waals surface area contributed by atoms with E-state index in [0.717, 1.165) is 17.8 Å². The van der Waals surface area contributed by atoms with Crippen molar-refractivity contribution < 1.29 is 9.53 Å². The first-order chi connectivity index (χ1) is 8.81. The number of nitrogens with two attached hydrogens (primary N) is 1. The number of nitrogens with zero attached hydrogens (tertiary/aromatic N) is 1. The Labute approximate surface area is 118 Å². The zero-order valence-electron chi connectivity index (χ0n) is 12.1. The molecule has 2 rings (SSSR count). The van der Waals surface area contributed by atoms with Crippen LogP contribution in [0.25, 0.3) is 0 Å². The number of fused-ring (bicyclic) bond motifs is 1. The van der Waals surface area contributed by atoms with Crippen molar-refractivity contribution in [1.82, 2.24) is 4.90 Å². The Morgan fingerprint density at radius 2 is 2.16 bits per heavy atom. The predicted octanol–water partition coefficient (Wildman–Crippen LogP) is 3.19. The fourth-order valence-electron chi connectivity index (χ4n) is 2.36. The average Bonchev–Trinajstić information content (AvgIpc) is 2.60. The van der Waals surface area contributed by atoms with Gasteiger partial charge in [0.05, 0.1) is 11.5 Å². The maximum absolute atomic E-state index is 12.1. The number of amides is 1. The van der Waals surface area contributed by atoms with Gasteiger partial charge in [-0.05, 0) is 44.7 Å². The molecule has 19 heavy (non-hydrogen) atoms. The van der Waals surface area contributed by atoms with Crippen molar-refractivity contribution >= 4 is 22.4 Å². The molecule has 0 radical (unpaired) electrons. The van der Waals surface area contributed by atoms with Crippen LogP contribution < -0.4 is 5.73 Å². The van der Waals surface area contributed by atoms with Gasteiger partial charge in [0.2, 0.25) is 0 Å². The van der Waals surface area contributed by atoms with Gasteiger partial charge in [0.1, 0.15) is 5.60 Å². The first-order valence-electron chi connectivity index (χ1n) is 6.68. The molecular formula is C14H22N2O2S. The molecule has 4 nitrogen and oxygen atoms in total. The van der Waals surface area contributed by atoms with E-state index in [9.17, 15) is 4.79 Å². The van der Waals surface area contributed by atoms with Gasteiger partial charge in [0, 0.05) is 11.4 Å². The number of rotatable bonds is 1. The van der Waals surface area contributed by atoms with Crippen LogP contribution in [0.2, 0.25) is 0 Å². The molecular weight excluding hydrogens is 260 g/mol. The molecule has 1 aliphatic rings. The van der Waals surface area contributed by atoms with E-state index in [-0.39, 0.29) is 6.09 Å². The number of ether oxygens (including phenoxy) is 1. The highest BCUT2D eigenvalue weighted by atomic mass is 32.1. The van der Waals surface area contributed by atoms with Gasteiger partial charge in [-0.25, -0.2) is 4.79 Å². The van der Waals surface area contributed by atoms with Crippen molar-refractivity contribution in [3.05, 3.63) is 16.0 Å².